The largest absolute Gasteiger partial charge is 0.480 e. The van der Waals surface area contributed by atoms with Crippen LogP contribution in [0.5, 0.6) is 0 Å². The van der Waals surface area contributed by atoms with Gasteiger partial charge in [-0.3, -0.25) is 9.69 Å². The summed E-state index contributed by atoms with van der Waals surface area (Å²) in [6.45, 7) is 4.89. The van der Waals surface area contributed by atoms with Gasteiger partial charge in [-0.2, -0.15) is 0 Å². The molecule has 1 aliphatic heterocycles. The van der Waals surface area contributed by atoms with Crippen molar-refractivity contribution in [2.24, 2.45) is 5.92 Å². The van der Waals surface area contributed by atoms with E-state index in [4.69, 9.17) is 4.74 Å². The smallest absolute Gasteiger partial charge is 0.324 e. The van der Waals surface area contributed by atoms with E-state index >= 15 is 0 Å². The van der Waals surface area contributed by atoms with Crippen LogP contribution in [0.4, 0.5) is 0 Å². The molecule has 0 radical (unpaired) electrons. The molecule has 4 nitrogen and oxygen atoms in total. The summed E-state index contributed by atoms with van der Waals surface area (Å²) in [7, 11) is 0. The molecule has 1 N–H and O–H groups in total. The first-order valence-electron chi connectivity index (χ1n) is 5.72. The van der Waals surface area contributed by atoms with Gasteiger partial charge < -0.3 is 9.84 Å². The Labute approximate surface area is 90.2 Å². The molecule has 0 aromatic heterocycles. The monoisotopic (exact) mass is 213 g/mol. The Kier molecular flexibility index (Phi) is 2.98. The molecule has 1 aliphatic carbocycles. The molecule has 0 bridgehead atoms. The first-order chi connectivity index (χ1) is 7.15. The Bertz CT molecular complexity index is 244. The van der Waals surface area contributed by atoms with Gasteiger partial charge in [0.25, 0.3) is 0 Å². The van der Waals surface area contributed by atoms with Crippen molar-refractivity contribution in [3.05, 3.63) is 0 Å². The highest BCUT2D eigenvalue weighted by Gasteiger charge is 2.51. The van der Waals surface area contributed by atoms with Crippen LogP contribution in [-0.2, 0) is 9.53 Å². The molecule has 1 heterocycles. The van der Waals surface area contributed by atoms with Gasteiger partial charge in [-0.15, -0.1) is 0 Å². The zero-order valence-electron chi connectivity index (χ0n) is 9.24. The van der Waals surface area contributed by atoms with Crippen LogP contribution < -0.4 is 0 Å². The van der Waals surface area contributed by atoms with E-state index in [0.717, 1.165) is 39.0 Å². The fourth-order valence-electron chi connectivity index (χ4n) is 2.42. The molecule has 1 unspecified atom stereocenters. The average molecular weight is 213 g/mol. The van der Waals surface area contributed by atoms with Crippen molar-refractivity contribution in [2.75, 3.05) is 26.3 Å². The summed E-state index contributed by atoms with van der Waals surface area (Å²) in [6.07, 6.45) is 3.05. The van der Waals surface area contributed by atoms with Crippen molar-refractivity contribution in [3.8, 4) is 0 Å². The molecular weight excluding hydrogens is 194 g/mol. The molecule has 2 aliphatic rings. The van der Waals surface area contributed by atoms with Gasteiger partial charge in [-0.1, -0.05) is 0 Å². The fraction of sp³-hybridized carbons (Fsp3) is 0.909. The molecule has 15 heavy (non-hydrogen) atoms. The summed E-state index contributed by atoms with van der Waals surface area (Å²) in [5.41, 5.74) is -0.659. The highest BCUT2D eigenvalue weighted by molar-refractivity contribution is 5.79. The average Bonchev–Trinajstić information content (AvgIpc) is 3.04. The number of carboxylic acids is 1. The van der Waals surface area contributed by atoms with Crippen LogP contribution in [0, 0.1) is 5.92 Å². The Hall–Kier alpha value is -0.610. The molecule has 4 heteroatoms. The lowest BCUT2D eigenvalue weighted by atomic mass is 9.93. The van der Waals surface area contributed by atoms with Gasteiger partial charge in [0.1, 0.15) is 5.54 Å². The molecule has 0 amide bonds. The second kappa shape index (κ2) is 4.10. The van der Waals surface area contributed by atoms with Gasteiger partial charge in [-0.25, -0.2) is 0 Å². The molecule has 1 saturated carbocycles. The molecule has 0 aromatic carbocycles. The van der Waals surface area contributed by atoms with Crippen LogP contribution in [0.15, 0.2) is 0 Å². The number of nitrogens with zero attached hydrogens (tertiary/aromatic N) is 1. The van der Waals surface area contributed by atoms with E-state index < -0.39 is 11.5 Å². The van der Waals surface area contributed by atoms with Crippen LogP contribution >= 0.6 is 0 Å². The Morgan fingerprint density at radius 2 is 2.13 bits per heavy atom. The van der Waals surface area contributed by atoms with E-state index in [-0.39, 0.29) is 0 Å². The number of hydrogen-bond donors (Lipinski definition) is 1. The van der Waals surface area contributed by atoms with Gasteiger partial charge in [-0.05, 0) is 32.1 Å². The summed E-state index contributed by atoms with van der Waals surface area (Å²) >= 11 is 0. The lowest BCUT2D eigenvalue weighted by molar-refractivity contribution is -0.152. The third kappa shape index (κ3) is 2.01. The predicted octanol–water partition coefficient (Wildman–Crippen LogP) is 0.962. The second-order valence-electron chi connectivity index (χ2n) is 4.68. The van der Waals surface area contributed by atoms with Crippen molar-refractivity contribution >= 4 is 5.97 Å². The van der Waals surface area contributed by atoms with Crippen molar-refractivity contribution in [2.45, 2.75) is 31.7 Å². The van der Waals surface area contributed by atoms with Crippen molar-refractivity contribution in [1.82, 2.24) is 4.90 Å². The molecule has 0 aromatic rings. The van der Waals surface area contributed by atoms with E-state index in [1.54, 1.807) is 0 Å². The Morgan fingerprint density at radius 1 is 1.40 bits per heavy atom. The maximum Gasteiger partial charge on any atom is 0.324 e. The Balaban J connectivity index is 2.11. The highest BCUT2D eigenvalue weighted by atomic mass is 16.5. The van der Waals surface area contributed by atoms with Crippen molar-refractivity contribution in [1.29, 1.82) is 0 Å². The lowest BCUT2D eigenvalue weighted by Crippen LogP contribution is -2.55. The van der Waals surface area contributed by atoms with Crippen LogP contribution in [0.25, 0.3) is 0 Å². The summed E-state index contributed by atoms with van der Waals surface area (Å²) in [6, 6.07) is 0. The number of aliphatic carboxylic acids is 1. The molecule has 0 spiro atoms. The van der Waals surface area contributed by atoms with E-state index in [9.17, 15) is 9.90 Å². The van der Waals surface area contributed by atoms with E-state index in [1.807, 2.05) is 6.92 Å². The quantitative estimate of drug-likeness (QED) is 0.758. The first kappa shape index (κ1) is 10.9. The van der Waals surface area contributed by atoms with Crippen LogP contribution in [0.1, 0.15) is 26.2 Å². The summed E-state index contributed by atoms with van der Waals surface area (Å²) in [4.78, 5) is 13.5. The minimum absolute atomic E-state index is 0.341. The lowest BCUT2D eigenvalue weighted by Gasteiger charge is -2.37. The third-order valence-electron chi connectivity index (χ3n) is 3.68. The minimum Gasteiger partial charge on any atom is -0.480 e. The first-order valence-corrected chi connectivity index (χ1v) is 5.72. The van der Waals surface area contributed by atoms with Crippen molar-refractivity contribution < 1.29 is 14.6 Å². The Morgan fingerprint density at radius 3 is 2.73 bits per heavy atom. The minimum atomic E-state index is -0.674. The standard InChI is InChI=1S/C11H19NO3/c1-11(10(13)14,9-3-4-9)12-5-2-7-15-8-6-12/h9H,2-8H2,1H3,(H,13,14). The summed E-state index contributed by atoms with van der Waals surface area (Å²) < 4.78 is 5.37. The normalized spacial score (nSPS) is 28.1. The van der Waals surface area contributed by atoms with E-state index in [1.165, 1.54) is 0 Å². The molecule has 1 saturated heterocycles. The van der Waals surface area contributed by atoms with Gasteiger partial charge in [0, 0.05) is 19.7 Å². The SMILES string of the molecule is CC(C(=O)O)(C1CC1)N1CCCOCC1. The van der Waals surface area contributed by atoms with Crippen LogP contribution in [0.2, 0.25) is 0 Å². The van der Waals surface area contributed by atoms with Crippen molar-refractivity contribution in [3.63, 3.8) is 0 Å². The second-order valence-corrected chi connectivity index (χ2v) is 4.68. The highest BCUT2D eigenvalue weighted by Crippen LogP contribution is 2.43. The van der Waals surface area contributed by atoms with Gasteiger partial charge in [0.2, 0.25) is 0 Å². The van der Waals surface area contributed by atoms with Crippen LogP contribution in [-0.4, -0.2) is 47.8 Å². The molecule has 2 rings (SSSR count). The summed E-state index contributed by atoms with van der Waals surface area (Å²) in [5.74, 6) is -0.333. The number of hydrogen-bond acceptors (Lipinski definition) is 3. The molecule has 1 atom stereocenters. The molecule has 2 fully saturated rings. The fourth-order valence-corrected chi connectivity index (χ4v) is 2.42. The predicted molar refractivity (Wildman–Crippen MR) is 55.8 cm³/mol. The molecule has 86 valence electrons. The van der Waals surface area contributed by atoms with E-state index in [2.05, 4.69) is 4.90 Å². The number of carbonyl (C=O) groups is 1. The van der Waals surface area contributed by atoms with Gasteiger partial charge in [0.15, 0.2) is 0 Å². The van der Waals surface area contributed by atoms with Gasteiger partial charge >= 0.3 is 5.97 Å². The maximum atomic E-state index is 11.4. The maximum absolute atomic E-state index is 11.4. The van der Waals surface area contributed by atoms with E-state index in [0.29, 0.717) is 12.5 Å². The van der Waals surface area contributed by atoms with Crippen LogP contribution in [0.3, 0.4) is 0 Å². The third-order valence-corrected chi connectivity index (χ3v) is 3.68. The molecular formula is C11H19NO3. The zero-order chi connectivity index (χ0) is 10.9. The topological polar surface area (TPSA) is 49.8 Å². The zero-order valence-corrected chi connectivity index (χ0v) is 9.24. The summed E-state index contributed by atoms with van der Waals surface area (Å²) in [5, 5.41) is 9.40. The van der Waals surface area contributed by atoms with Gasteiger partial charge in [0.05, 0.1) is 6.61 Å². The number of carboxylic acid groups (broad SMARTS) is 1. The number of ether oxygens (including phenoxy) is 1. The number of rotatable bonds is 3.